The number of carbonyl (C=O) groups excluding carboxylic acids is 1. The predicted molar refractivity (Wildman–Crippen MR) is 88.7 cm³/mol. The molecule has 0 saturated heterocycles. The Kier molecular flexibility index (Phi) is 7.02. The molecule has 0 aromatic heterocycles. The van der Waals surface area contributed by atoms with Crippen LogP contribution >= 0.6 is 15.9 Å². The highest BCUT2D eigenvalue weighted by atomic mass is 79.9. The molecular weight excluding hydrogens is 334 g/mol. The molecule has 21 heavy (non-hydrogen) atoms. The fourth-order valence-corrected chi connectivity index (χ4v) is 2.32. The monoisotopic (exact) mass is 357 g/mol. The van der Waals surface area contributed by atoms with Gasteiger partial charge >= 0.3 is 0 Å². The van der Waals surface area contributed by atoms with E-state index in [1.807, 2.05) is 0 Å². The minimum absolute atomic E-state index is 0.0726. The first-order valence-corrected chi connectivity index (χ1v) is 8.12. The average molecular weight is 358 g/mol. The maximum Gasteiger partial charge on any atom is 0.255 e. The van der Waals surface area contributed by atoms with Crippen molar-refractivity contribution in [3.8, 4) is 11.5 Å². The number of rotatable bonds is 8. The Morgan fingerprint density at radius 3 is 2.57 bits per heavy atom. The van der Waals surface area contributed by atoms with E-state index in [1.165, 1.54) is 0 Å². The third-order valence-corrected chi connectivity index (χ3v) is 3.93. The molecule has 4 nitrogen and oxygen atoms in total. The van der Waals surface area contributed by atoms with Crippen LogP contribution in [-0.4, -0.2) is 32.0 Å². The summed E-state index contributed by atoms with van der Waals surface area (Å²) in [6.45, 7) is 4.94. The van der Waals surface area contributed by atoms with E-state index in [1.54, 1.807) is 32.4 Å². The van der Waals surface area contributed by atoms with Crippen LogP contribution in [0.2, 0.25) is 0 Å². The number of hydrogen-bond acceptors (Lipinski definition) is 3. The average Bonchev–Trinajstić information content (AvgIpc) is 2.50. The smallest absolute Gasteiger partial charge is 0.255 e. The van der Waals surface area contributed by atoms with Gasteiger partial charge in [0, 0.05) is 17.9 Å². The van der Waals surface area contributed by atoms with E-state index in [0.717, 1.165) is 18.2 Å². The van der Waals surface area contributed by atoms with Gasteiger partial charge in [-0.15, -0.1) is 0 Å². The summed E-state index contributed by atoms with van der Waals surface area (Å²) in [7, 11) is 3.13. The summed E-state index contributed by atoms with van der Waals surface area (Å²) in [4.78, 5) is 12.3. The van der Waals surface area contributed by atoms with Crippen LogP contribution in [0.5, 0.6) is 11.5 Å². The van der Waals surface area contributed by atoms with Crippen molar-refractivity contribution in [1.29, 1.82) is 0 Å². The summed E-state index contributed by atoms with van der Waals surface area (Å²) >= 11 is 3.44. The quantitative estimate of drug-likeness (QED) is 0.722. The lowest BCUT2D eigenvalue weighted by molar-refractivity contribution is 0.0931. The van der Waals surface area contributed by atoms with Gasteiger partial charge in [0.25, 0.3) is 5.91 Å². The number of carbonyl (C=O) groups is 1. The van der Waals surface area contributed by atoms with Crippen LogP contribution in [0.3, 0.4) is 0 Å². The number of halogens is 1. The molecular formula is C16H24BrNO3. The minimum Gasteiger partial charge on any atom is -0.497 e. The molecule has 0 aliphatic carbocycles. The second-order valence-corrected chi connectivity index (χ2v) is 6.50. The molecule has 0 fully saturated rings. The molecule has 5 heteroatoms. The number of hydrogen-bond donors (Lipinski definition) is 1. The van der Waals surface area contributed by atoms with Crippen LogP contribution in [0, 0.1) is 5.41 Å². The molecule has 0 spiro atoms. The molecule has 0 aliphatic heterocycles. The molecule has 1 aromatic carbocycles. The van der Waals surface area contributed by atoms with Gasteiger partial charge in [0.1, 0.15) is 11.5 Å². The predicted octanol–water partition coefficient (Wildman–Crippen LogP) is 3.63. The van der Waals surface area contributed by atoms with Crippen molar-refractivity contribution in [2.45, 2.75) is 26.7 Å². The van der Waals surface area contributed by atoms with E-state index in [-0.39, 0.29) is 11.3 Å². The van der Waals surface area contributed by atoms with Crippen molar-refractivity contribution >= 4 is 21.8 Å². The van der Waals surface area contributed by atoms with Crippen molar-refractivity contribution in [2.75, 3.05) is 26.1 Å². The van der Waals surface area contributed by atoms with Gasteiger partial charge in [-0.25, -0.2) is 0 Å². The van der Waals surface area contributed by atoms with Crippen LogP contribution in [0.1, 0.15) is 37.0 Å². The van der Waals surface area contributed by atoms with E-state index >= 15 is 0 Å². The van der Waals surface area contributed by atoms with Gasteiger partial charge in [-0.05, 0) is 30.4 Å². The largest absolute Gasteiger partial charge is 0.497 e. The molecule has 0 saturated carbocycles. The zero-order chi connectivity index (χ0) is 15.9. The molecule has 0 radical (unpaired) electrons. The molecule has 1 N–H and O–H groups in total. The molecule has 0 atom stereocenters. The molecule has 1 rings (SSSR count). The van der Waals surface area contributed by atoms with E-state index in [0.29, 0.717) is 23.6 Å². The molecule has 118 valence electrons. The van der Waals surface area contributed by atoms with Crippen LogP contribution in [0.15, 0.2) is 18.2 Å². The van der Waals surface area contributed by atoms with Gasteiger partial charge in [0.2, 0.25) is 0 Å². The van der Waals surface area contributed by atoms with Gasteiger partial charge in [-0.2, -0.15) is 0 Å². The summed E-state index contributed by atoms with van der Waals surface area (Å²) in [6, 6.07) is 5.19. The maximum absolute atomic E-state index is 12.3. The number of alkyl halides is 1. The highest BCUT2D eigenvalue weighted by Gasteiger charge is 2.20. The normalized spacial score (nSPS) is 11.1. The van der Waals surface area contributed by atoms with Gasteiger partial charge in [-0.1, -0.05) is 29.8 Å². The van der Waals surface area contributed by atoms with E-state index in [4.69, 9.17) is 9.47 Å². The number of ether oxygens (including phenoxy) is 2. The van der Waals surface area contributed by atoms with Crippen molar-refractivity contribution in [1.82, 2.24) is 5.32 Å². The molecule has 1 aromatic rings. The lowest BCUT2D eigenvalue weighted by Crippen LogP contribution is -2.34. The van der Waals surface area contributed by atoms with Gasteiger partial charge in [-0.3, -0.25) is 4.79 Å². The number of nitrogens with one attached hydrogen (secondary N) is 1. The first-order valence-electron chi connectivity index (χ1n) is 6.99. The summed E-state index contributed by atoms with van der Waals surface area (Å²) in [5.41, 5.74) is 0.595. The maximum atomic E-state index is 12.3. The Morgan fingerprint density at radius 2 is 2.00 bits per heavy atom. The standard InChI is InChI=1S/C16H24BrNO3/c1-16(2,8-5-9-17)11-18-15(19)13-7-6-12(20-3)10-14(13)21-4/h6-7,10H,5,8-9,11H2,1-4H3,(H,18,19). The SMILES string of the molecule is COc1ccc(C(=O)NCC(C)(C)CCCBr)c(OC)c1. The van der Waals surface area contributed by atoms with Gasteiger partial charge < -0.3 is 14.8 Å². The second kappa shape index (κ2) is 8.27. The Labute approximate surface area is 135 Å². The van der Waals surface area contributed by atoms with Crippen LogP contribution in [0.25, 0.3) is 0 Å². The van der Waals surface area contributed by atoms with E-state index in [2.05, 4.69) is 35.1 Å². The summed E-state index contributed by atoms with van der Waals surface area (Å²) < 4.78 is 10.4. The third kappa shape index (κ3) is 5.58. The Hall–Kier alpha value is -1.23. The lowest BCUT2D eigenvalue weighted by atomic mass is 9.88. The van der Waals surface area contributed by atoms with Crippen molar-refractivity contribution in [2.24, 2.45) is 5.41 Å². The second-order valence-electron chi connectivity index (χ2n) is 5.71. The van der Waals surface area contributed by atoms with Crippen LogP contribution in [-0.2, 0) is 0 Å². The fourth-order valence-electron chi connectivity index (χ4n) is 2.03. The topological polar surface area (TPSA) is 47.6 Å². The highest BCUT2D eigenvalue weighted by Crippen LogP contribution is 2.25. The summed E-state index contributed by atoms with van der Waals surface area (Å²) in [5.74, 6) is 1.06. The Morgan fingerprint density at radius 1 is 1.29 bits per heavy atom. The first kappa shape index (κ1) is 17.8. The van der Waals surface area contributed by atoms with E-state index in [9.17, 15) is 4.79 Å². The minimum atomic E-state index is -0.124. The number of amides is 1. The number of benzene rings is 1. The molecule has 0 bridgehead atoms. The van der Waals surface area contributed by atoms with Crippen molar-refractivity contribution < 1.29 is 14.3 Å². The zero-order valence-corrected chi connectivity index (χ0v) is 14.7. The zero-order valence-electron chi connectivity index (χ0n) is 13.2. The fraction of sp³-hybridized carbons (Fsp3) is 0.562. The molecule has 0 heterocycles. The van der Waals surface area contributed by atoms with E-state index < -0.39 is 0 Å². The van der Waals surface area contributed by atoms with Gasteiger partial charge in [0.15, 0.2) is 0 Å². The van der Waals surface area contributed by atoms with Crippen LogP contribution in [0.4, 0.5) is 0 Å². The van der Waals surface area contributed by atoms with Crippen molar-refractivity contribution in [3.05, 3.63) is 23.8 Å². The number of methoxy groups -OCH3 is 2. The summed E-state index contributed by atoms with van der Waals surface area (Å²) in [6.07, 6.45) is 2.15. The van der Waals surface area contributed by atoms with Crippen LogP contribution < -0.4 is 14.8 Å². The highest BCUT2D eigenvalue weighted by molar-refractivity contribution is 9.09. The molecule has 0 aliphatic rings. The third-order valence-electron chi connectivity index (χ3n) is 3.37. The van der Waals surface area contributed by atoms with Gasteiger partial charge in [0.05, 0.1) is 19.8 Å². The summed E-state index contributed by atoms with van der Waals surface area (Å²) in [5, 5.41) is 3.97. The lowest BCUT2D eigenvalue weighted by Gasteiger charge is -2.24. The molecule has 0 unspecified atom stereocenters. The van der Waals surface area contributed by atoms with Crippen molar-refractivity contribution in [3.63, 3.8) is 0 Å². The molecule has 1 amide bonds. The Bertz CT molecular complexity index is 475. The Balaban J connectivity index is 2.71. The first-order chi connectivity index (χ1) is 9.93.